The zero-order valence-electron chi connectivity index (χ0n) is 28.1. The van der Waals surface area contributed by atoms with E-state index in [9.17, 15) is 19.2 Å². The summed E-state index contributed by atoms with van der Waals surface area (Å²) in [7, 11) is 0. The first-order valence-corrected chi connectivity index (χ1v) is 16.9. The predicted molar refractivity (Wildman–Crippen MR) is 184 cm³/mol. The molecule has 1 atom stereocenters. The summed E-state index contributed by atoms with van der Waals surface area (Å²) in [6.07, 6.45) is 2.74. The molecule has 0 bridgehead atoms. The van der Waals surface area contributed by atoms with Crippen LogP contribution in [0.5, 0.6) is 0 Å². The van der Waals surface area contributed by atoms with Crippen molar-refractivity contribution in [3.05, 3.63) is 78.4 Å². The van der Waals surface area contributed by atoms with E-state index in [0.717, 1.165) is 22.0 Å². The third-order valence-corrected chi connectivity index (χ3v) is 9.18. The third kappa shape index (κ3) is 8.50. The Balaban J connectivity index is 1.29. The Morgan fingerprint density at radius 1 is 0.830 bits per heavy atom. The molecule has 0 aliphatic carbocycles. The van der Waals surface area contributed by atoms with E-state index in [0.29, 0.717) is 64.7 Å². The number of amides is 4. The molecule has 2 aliphatic rings. The van der Waals surface area contributed by atoms with E-state index in [1.807, 2.05) is 104 Å². The summed E-state index contributed by atoms with van der Waals surface area (Å²) < 4.78 is 5.52. The number of fused-ring (bicyclic) bond motifs is 1. The molecule has 0 saturated carbocycles. The Hall–Kier alpha value is -4.40. The van der Waals surface area contributed by atoms with E-state index in [1.165, 1.54) is 0 Å². The number of rotatable bonds is 8. The van der Waals surface area contributed by atoms with Gasteiger partial charge in [-0.1, -0.05) is 67.6 Å². The van der Waals surface area contributed by atoms with Crippen LogP contribution in [0.1, 0.15) is 65.4 Å². The van der Waals surface area contributed by atoms with Crippen molar-refractivity contribution in [1.29, 1.82) is 0 Å². The van der Waals surface area contributed by atoms with Crippen LogP contribution in [0.2, 0.25) is 0 Å². The number of carbonyl (C=O) groups is 4. The highest BCUT2D eigenvalue weighted by Gasteiger charge is 2.36. The fourth-order valence-corrected chi connectivity index (χ4v) is 6.71. The van der Waals surface area contributed by atoms with Gasteiger partial charge in [0.2, 0.25) is 17.7 Å². The van der Waals surface area contributed by atoms with Crippen molar-refractivity contribution < 1.29 is 23.9 Å². The van der Waals surface area contributed by atoms with Crippen molar-refractivity contribution in [2.75, 3.05) is 31.1 Å². The fraction of sp³-hybridized carbons (Fsp3) is 0.474. The summed E-state index contributed by atoms with van der Waals surface area (Å²) in [6.45, 7) is 9.24. The largest absolute Gasteiger partial charge is 0.444 e. The van der Waals surface area contributed by atoms with Gasteiger partial charge >= 0.3 is 6.09 Å². The molecular formula is C38H48N4O5. The van der Waals surface area contributed by atoms with Gasteiger partial charge in [-0.15, -0.1) is 0 Å². The molecule has 3 aromatic carbocycles. The molecule has 4 amide bonds. The van der Waals surface area contributed by atoms with Gasteiger partial charge in [-0.25, -0.2) is 4.79 Å². The van der Waals surface area contributed by atoms with Crippen molar-refractivity contribution in [3.8, 4) is 0 Å². The molecule has 9 heteroatoms. The highest BCUT2D eigenvalue weighted by molar-refractivity contribution is 5.94. The Morgan fingerprint density at radius 2 is 1.45 bits per heavy atom. The van der Waals surface area contributed by atoms with E-state index in [1.54, 1.807) is 4.90 Å². The average molecular weight is 641 g/mol. The summed E-state index contributed by atoms with van der Waals surface area (Å²) in [5.74, 6) is -0.503. The molecule has 1 N–H and O–H groups in total. The molecule has 2 saturated heterocycles. The maximum absolute atomic E-state index is 14.2. The number of nitrogens with one attached hydrogen (secondary N) is 1. The first-order valence-electron chi connectivity index (χ1n) is 16.9. The molecule has 2 heterocycles. The van der Waals surface area contributed by atoms with Gasteiger partial charge in [0, 0.05) is 56.7 Å². The number of nitrogens with zero attached hydrogens (tertiary/aromatic N) is 3. The molecule has 0 radical (unpaired) electrons. The van der Waals surface area contributed by atoms with E-state index in [4.69, 9.17) is 4.74 Å². The minimum absolute atomic E-state index is 0.00448. The lowest BCUT2D eigenvalue weighted by Crippen LogP contribution is -2.55. The maximum Gasteiger partial charge on any atom is 0.410 e. The van der Waals surface area contributed by atoms with Crippen LogP contribution in [-0.4, -0.2) is 77.5 Å². The highest BCUT2D eigenvalue weighted by atomic mass is 16.6. The zero-order chi connectivity index (χ0) is 33.6. The number of piperidine rings is 2. The topological polar surface area (TPSA) is 99.3 Å². The van der Waals surface area contributed by atoms with Crippen molar-refractivity contribution >= 4 is 40.3 Å². The van der Waals surface area contributed by atoms with Crippen LogP contribution < -0.4 is 10.2 Å². The minimum Gasteiger partial charge on any atom is -0.444 e. The Morgan fingerprint density at radius 3 is 2.11 bits per heavy atom. The Kier molecular flexibility index (Phi) is 10.8. The van der Waals surface area contributed by atoms with Gasteiger partial charge in [-0.3, -0.25) is 14.4 Å². The van der Waals surface area contributed by atoms with Crippen molar-refractivity contribution in [1.82, 2.24) is 15.1 Å². The molecule has 0 spiro atoms. The molecule has 250 valence electrons. The minimum atomic E-state index is -0.740. The monoisotopic (exact) mass is 640 g/mol. The van der Waals surface area contributed by atoms with Gasteiger partial charge in [0.15, 0.2) is 0 Å². The second-order valence-electron chi connectivity index (χ2n) is 13.7. The van der Waals surface area contributed by atoms with Crippen LogP contribution in [0.3, 0.4) is 0 Å². The fourth-order valence-electron chi connectivity index (χ4n) is 6.71. The molecule has 0 unspecified atom stereocenters. The van der Waals surface area contributed by atoms with Crippen LogP contribution in [0.15, 0.2) is 72.8 Å². The summed E-state index contributed by atoms with van der Waals surface area (Å²) in [4.78, 5) is 58.9. The SMILES string of the molecule is CCC(=O)N(c1ccccc1)C1CCN(C(=O)[C@@H](Cc2cccc3ccccc23)NC(=O)C2CCN(C(=O)OC(C)(C)C)CC2)CC1. The highest BCUT2D eigenvalue weighted by Crippen LogP contribution is 2.27. The van der Waals surface area contributed by atoms with Gasteiger partial charge < -0.3 is 24.8 Å². The lowest BCUT2D eigenvalue weighted by atomic mass is 9.93. The standard InChI is InChI=1S/C38H48N4O5/c1-5-34(43)42(30-15-7-6-8-16-30)31-20-24-40(25-21-31)36(45)33(26-29-14-11-13-27-12-9-10-17-32(27)29)39-35(44)28-18-22-41(23-19-28)37(46)47-38(2,3)4/h6-17,28,31,33H,5,18-26H2,1-4H3,(H,39,44)/t33-/m1/s1. The second-order valence-corrected chi connectivity index (χ2v) is 13.7. The van der Waals surface area contributed by atoms with E-state index >= 15 is 0 Å². The molecule has 2 fully saturated rings. The van der Waals surface area contributed by atoms with E-state index in [-0.39, 0.29) is 35.8 Å². The quantitative estimate of drug-likeness (QED) is 0.328. The predicted octanol–water partition coefficient (Wildman–Crippen LogP) is 5.95. The Bertz CT molecular complexity index is 1550. The zero-order valence-corrected chi connectivity index (χ0v) is 28.1. The molecule has 47 heavy (non-hydrogen) atoms. The number of para-hydroxylation sites is 1. The van der Waals surface area contributed by atoms with Gasteiger partial charge in [0.25, 0.3) is 0 Å². The number of ether oxygens (including phenoxy) is 1. The first-order chi connectivity index (χ1) is 22.5. The van der Waals surface area contributed by atoms with E-state index < -0.39 is 11.6 Å². The average Bonchev–Trinajstić information content (AvgIpc) is 3.08. The van der Waals surface area contributed by atoms with E-state index in [2.05, 4.69) is 11.4 Å². The van der Waals surface area contributed by atoms with Crippen LogP contribution in [0, 0.1) is 5.92 Å². The molecule has 9 nitrogen and oxygen atoms in total. The summed E-state index contributed by atoms with van der Waals surface area (Å²) in [5, 5.41) is 5.28. The number of hydrogen-bond acceptors (Lipinski definition) is 5. The van der Waals surface area contributed by atoms with Gasteiger partial charge in [0.05, 0.1) is 0 Å². The maximum atomic E-state index is 14.2. The number of anilines is 1. The third-order valence-electron chi connectivity index (χ3n) is 9.18. The van der Waals surface area contributed by atoms with Crippen LogP contribution in [-0.2, 0) is 25.5 Å². The summed E-state index contributed by atoms with van der Waals surface area (Å²) in [5.41, 5.74) is 1.29. The number of likely N-dealkylation sites (tertiary alicyclic amines) is 2. The smallest absolute Gasteiger partial charge is 0.410 e. The molecule has 0 aromatic heterocycles. The number of benzene rings is 3. The van der Waals surface area contributed by atoms with Crippen molar-refractivity contribution in [3.63, 3.8) is 0 Å². The van der Waals surface area contributed by atoms with Gasteiger partial charge in [0.1, 0.15) is 11.6 Å². The summed E-state index contributed by atoms with van der Waals surface area (Å²) in [6, 6.07) is 23.1. The molecular weight excluding hydrogens is 592 g/mol. The first kappa shape index (κ1) is 33.9. The molecule has 5 rings (SSSR count). The van der Waals surface area contributed by atoms with Crippen molar-refractivity contribution in [2.24, 2.45) is 5.92 Å². The Labute approximate surface area is 278 Å². The number of carbonyl (C=O) groups excluding carboxylic acids is 4. The normalized spacial score (nSPS) is 16.9. The van der Waals surface area contributed by atoms with Crippen LogP contribution in [0.25, 0.3) is 10.8 Å². The molecule has 2 aliphatic heterocycles. The van der Waals surface area contributed by atoms with Gasteiger partial charge in [-0.05, 0) is 74.9 Å². The van der Waals surface area contributed by atoms with Crippen molar-refractivity contribution in [2.45, 2.75) is 83.9 Å². The van der Waals surface area contributed by atoms with Crippen LogP contribution in [0.4, 0.5) is 10.5 Å². The summed E-state index contributed by atoms with van der Waals surface area (Å²) >= 11 is 0. The number of hydrogen-bond donors (Lipinski definition) is 1. The lowest BCUT2D eigenvalue weighted by molar-refractivity contribution is -0.138. The second kappa shape index (κ2) is 15.0. The lowest BCUT2D eigenvalue weighted by Gasteiger charge is -2.40. The van der Waals surface area contributed by atoms with Gasteiger partial charge in [-0.2, -0.15) is 0 Å². The molecule has 3 aromatic rings. The van der Waals surface area contributed by atoms with Crippen LogP contribution >= 0.6 is 0 Å².